The Morgan fingerprint density at radius 3 is 2.48 bits per heavy atom. The number of anilines is 2. The molecule has 0 saturated heterocycles. The topological polar surface area (TPSA) is 92.2 Å². The molecule has 1 aromatic rings. The second kappa shape index (κ2) is 7.97. The van der Waals surface area contributed by atoms with E-state index in [1.54, 1.807) is 14.0 Å². The fraction of sp³-hybridized carbons (Fsp3) is 0.786. The van der Waals surface area contributed by atoms with Gasteiger partial charge in [0.05, 0.1) is 12.2 Å². The molecule has 120 valence electrons. The summed E-state index contributed by atoms with van der Waals surface area (Å²) in [5.74, 6) is 1.24. The third kappa shape index (κ3) is 6.57. The molecule has 0 aliphatic heterocycles. The van der Waals surface area contributed by atoms with Crippen molar-refractivity contribution in [3.05, 3.63) is 0 Å². The van der Waals surface area contributed by atoms with Gasteiger partial charge in [0.15, 0.2) is 0 Å². The molecule has 0 spiro atoms. The number of rotatable bonds is 9. The van der Waals surface area contributed by atoms with Gasteiger partial charge in [-0.15, -0.1) is 0 Å². The Morgan fingerprint density at radius 1 is 1.24 bits per heavy atom. The monoisotopic (exact) mass is 297 g/mol. The summed E-state index contributed by atoms with van der Waals surface area (Å²) in [5, 5.41) is 16.2. The van der Waals surface area contributed by atoms with Crippen molar-refractivity contribution >= 4 is 11.9 Å². The Bertz CT molecular complexity index is 437. The third-order valence-electron chi connectivity index (χ3n) is 2.75. The zero-order valence-electron chi connectivity index (χ0n) is 13.6. The molecular formula is C14H27N5O2. The van der Waals surface area contributed by atoms with Gasteiger partial charge in [-0.05, 0) is 25.7 Å². The fourth-order valence-corrected chi connectivity index (χ4v) is 2.03. The Balaban J connectivity index is 2.73. The molecule has 1 aromatic heterocycles. The van der Waals surface area contributed by atoms with Crippen LogP contribution in [0.1, 0.15) is 40.5 Å². The van der Waals surface area contributed by atoms with Crippen molar-refractivity contribution in [1.82, 2.24) is 15.0 Å². The summed E-state index contributed by atoms with van der Waals surface area (Å²) >= 11 is 0. The van der Waals surface area contributed by atoms with E-state index in [1.807, 2.05) is 6.92 Å². The molecule has 0 amide bonds. The van der Waals surface area contributed by atoms with Crippen LogP contribution in [0.25, 0.3) is 0 Å². The summed E-state index contributed by atoms with van der Waals surface area (Å²) in [7, 11) is 1.73. The predicted molar refractivity (Wildman–Crippen MR) is 83.7 cm³/mol. The second-order valence-electron chi connectivity index (χ2n) is 5.81. The van der Waals surface area contributed by atoms with E-state index < -0.39 is 5.60 Å². The van der Waals surface area contributed by atoms with E-state index in [-0.39, 0.29) is 6.01 Å². The van der Waals surface area contributed by atoms with E-state index in [4.69, 9.17) is 4.74 Å². The zero-order chi connectivity index (χ0) is 15.9. The number of aliphatic hydroxyl groups is 1. The molecule has 1 rings (SSSR count). The summed E-state index contributed by atoms with van der Waals surface area (Å²) < 4.78 is 5.43. The zero-order valence-corrected chi connectivity index (χ0v) is 13.6. The van der Waals surface area contributed by atoms with E-state index in [2.05, 4.69) is 39.4 Å². The molecule has 3 N–H and O–H groups in total. The summed E-state index contributed by atoms with van der Waals surface area (Å²) in [6.07, 6.45) is 1.58. The Kier molecular flexibility index (Phi) is 6.61. The van der Waals surface area contributed by atoms with Crippen LogP contribution in [0.3, 0.4) is 0 Å². The number of ether oxygens (including phenoxy) is 1. The van der Waals surface area contributed by atoms with Crippen molar-refractivity contribution in [3.8, 4) is 6.01 Å². The van der Waals surface area contributed by atoms with E-state index in [1.165, 1.54) is 0 Å². The van der Waals surface area contributed by atoms with Crippen molar-refractivity contribution in [2.45, 2.75) is 46.1 Å². The lowest BCUT2D eigenvalue weighted by Gasteiger charge is -2.25. The van der Waals surface area contributed by atoms with Gasteiger partial charge in [-0.25, -0.2) is 0 Å². The highest BCUT2D eigenvalue weighted by Gasteiger charge is 2.22. The van der Waals surface area contributed by atoms with Gasteiger partial charge in [-0.1, -0.05) is 20.8 Å². The van der Waals surface area contributed by atoms with Gasteiger partial charge < -0.3 is 20.5 Å². The number of nitrogens with one attached hydrogen (secondary N) is 2. The first kappa shape index (κ1) is 17.4. The molecule has 0 aliphatic carbocycles. The summed E-state index contributed by atoms with van der Waals surface area (Å²) in [6, 6.07) is 0.280. The SMILES string of the molecule is CCCOc1nc(NC)nc(NCC(C)(O)CC(C)C)n1. The normalized spacial score (nSPS) is 13.9. The lowest BCUT2D eigenvalue weighted by molar-refractivity contribution is 0.0513. The molecule has 1 heterocycles. The molecule has 1 unspecified atom stereocenters. The summed E-state index contributed by atoms with van der Waals surface area (Å²) in [6.45, 7) is 8.89. The Labute approximate surface area is 126 Å². The van der Waals surface area contributed by atoms with Crippen LogP contribution in [0.15, 0.2) is 0 Å². The first-order chi connectivity index (χ1) is 9.86. The van der Waals surface area contributed by atoms with Crippen molar-refractivity contribution in [3.63, 3.8) is 0 Å². The molecule has 21 heavy (non-hydrogen) atoms. The van der Waals surface area contributed by atoms with Crippen LogP contribution in [0.2, 0.25) is 0 Å². The van der Waals surface area contributed by atoms with Crippen LogP contribution >= 0.6 is 0 Å². The van der Waals surface area contributed by atoms with Crippen LogP contribution in [0, 0.1) is 5.92 Å². The molecule has 0 saturated carbocycles. The van der Waals surface area contributed by atoms with E-state index >= 15 is 0 Å². The van der Waals surface area contributed by atoms with Crippen LogP contribution in [-0.2, 0) is 0 Å². The maximum Gasteiger partial charge on any atom is 0.323 e. The molecule has 0 aromatic carbocycles. The van der Waals surface area contributed by atoms with Gasteiger partial charge in [0.25, 0.3) is 0 Å². The largest absolute Gasteiger partial charge is 0.463 e. The standard InChI is InChI=1S/C14H27N5O2/c1-6-7-21-13-18-11(15-5)17-12(19-13)16-9-14(4,20)8-10(2)3/h10,20H,6-9H2,1-5H3,(H2,15,16,17,18,19). The minimum Gasteiger partial charge on any atom is -0.463 e. The first-order valence-corrected chi connectivity index (χ1v) is 7.39. The Morgan fingerprint density at radius 2 is 1.90 bits per heavy atom. The van der Waals surface area contributed by atoms with Gasteiger partial charge in [0.2, 0.25) is 11.9 Å². The second-order valence-corrected chi connectivity index (χ2v) is 5.81. The highest BCUT2D eigenvalue weighted by molar-refractivity contribution is 5.35. The maximum atomic E-state index is 10.3. The van der Waals surface area contributed by atoms with Gasteiger partial charge in [0.1, 0.15) is 0 Å². The molecule has 7 heteroatoms. The molecule has 0 fully saturated rings. The van der Waals surface area contributed by atoms with Crippen molar-refractivity contribution in [2.24, 2.45) is 5.92 Å². The number of aromatic nitrogens is 3. The van der Waals surface area contributed by atoms with Crippen molar-refractivity contribution in [2.75, 3.05) is 30.8 Å². The minimum absolute atomic E-state index is 0.280. The smallest absolute Gasteiger partial charge is 0.323 e. The van der Waals surface area contributed by atoms with Gasteiger partial charge in [-0.2, -0.15) is 15.0 Å². The van der Waals surface area contributed by atoms with Crippen LogP contribution in [-0.4, -0.2) is 45.9 Å². The third-order valence-corrected chi connectivity index (χ3v) is 2.75. The molecule has 0 bridgehead atoms. The predicted octanol–water partition coefficient (Wildman–Crippen LogP) is 1.91. The first-order valence-electron chi connectivity index (χ1n) is 7.39. The lowest BCUT2D eigenvalue weighted by atomic mass is 9.94. The van der Waals surface area contributed by atoms with Gasteiger partial charge >= 0.3 is 6.01 Å². The van der Waals surface area contributed by atoms with Crippen LogP contribution < -0.4 is 15.4 Å². The summed E-state index contributed by atoms with van der Waals surface area (Å²) in [5.41, 5.74) is -0.814. The molecule has 0 aliphatic rings. The molecular weight excluding hydrogens is 270 g/mol. The van der Waals surface area contributed by atoms with E-state index in [9.17, 15) is 5.11 Å². The van der Waals surface area contributed by atoms with Crippen LogP contribution in [0.5, 0.6) is 6.01 Å². The minimum atomic E-state index is -0.814. The average Bonchev–Trinajstić information content (AvgIpc) is 2.41. The van der Waals surface area contributed by atoms with Crippen molar-refractivity contribution < 1.29 is 9.84 Å². The lowest BCUT2D eigenvalue weighted by Crippen LogP contribution is -2.35. The number of nitrogens with zero attached hydrogens (tertiary/aromatic N) is 3. The van der Waals surface area contributed by atoms with E-state index in [0.29, 0.717) is 37.4 Å². The van der Waals surface area contributed by atoms with Gasteiger partial charge in [0, 0.05) is 13.6 Å². The highest BCUT2D eigenvalue weighted by Crippen LogP contribution is 2.17. The van der Waals surface area contributed by atoms with E-state index in [0.717, 1.165) is 6.42 Å². The molecule has 0 radical (unpaired) electrons. The number of hydrogen-bond acceptors (Lipinski definition) is 7. The Hall–Kier alpha value is -1.63. The molecule has 7 nitrogen and oxygen atoms in total. The highest BCUT2D eigenvalue weighted by atomic mass is 16.5. The quantitative estimate of drug-likeness (QED) is 0.641. The maximum absolute atomic E-state index is 10.3. The fourth-order valence-electron chi connectivity index (χ4n) is 2.03. The summed E-state index contributed by atoms with van der Waals surface area (Å²) in [4.78, 5) is 12.5. The van der Waals surface area contributed by atoms with Crippen LogP contribution in [0.4, 0.5) is 11.9 Å². The number of hydrogen-bond donors (Lipinski definition) is 3. The van der Waals surface area contributed by atoms with Gasteiger partial charge in [-0.3, -0.25) is 0 Å². The molecule has 1 atom stereocenters. The van der Waals surface area contributed by atoms with Crippen molar-refractivity contribution in [1.29, 1.82) is 0 Å². The average molecular weight is 297 g/mol.